The summed E-state index contributed by atoms with van der Waals surface area (Å²) in [6.45, 7) is 1.54. The third kappa shape index (κ3) is 3.10. The molecule has 7 heteroatoms. The standard InChI is InChI=1S/C10H14F3NO3/c11-10(12,13)7-8(15)14-3-1-9(2-4-14)16-5-6-17-9/h1-7H2. The van der Waals surface area contributed by atoms with Crippen LogP contribution in [0.3, 0.4) is 0 Å². The number of carbonyl (C=O) groups excluding carboxylic acids is 1. The van der Waals surface area contributed by atoms with Gasteiger partial charge in [-0.2, -0.15) is 13.2 Å². The molecule has 1 spiro atoms. The van der Waals surface area contributed by atoms with Gasteiger partial charge in [-0.3, -0.25) is 4.79 Å². The maximum Gasteiger partial charge on any atom is 0.397 e. The lowest BCUT2D eigenvalue weighted by Crippen LogP contribution is -2.48. The van der Waals surface area contributed by atoms with Gasteiger partial charge in [-0.15, -0.1) is 0 Å². The lowest BCUT2D eigenvalue weighted by Gasteiger charge is -2.37. The molecule has 4 nitrogen and oxygen atoms in total. The van der Waals surface area contributed by atoms with Gasteiger partial charge in [0.2, 0.25) is 5.91 Å². The molecule has 0 bridgehead atoms. The molecule has 0 saturated carbocycles. The smallest absolute Gasteiger partial charge is 0.347 e. The fourth-order valence-electron chi connectivity index (χ4n) is 2.17. The Morgan fingerprint density at radius 1 is 1.18 bits per heavy atom. The quantitative estimate of drug-likeness (QED) is 0.707. The summed E-state index contributed by atoms with van der Waals surface area (Å²) in [6.07, 6.45) is -4.94. The van der Waals surface area contributed by atoms with E-state index in [0.717, 1.165) is 0 Å². The second-order valence-corrected chi connectivity index (χ2v) is 4.28. The molecule has 17 heavy (non-hydrogen) atoms. The van der Waals surface area contributed by atoms with Crippen molar-refractivity contribution < 1.29 is 27.4 Å². The first-order chi connectivity index (χ1) is 7.90. The van der Waals surface area contributed by atoms with Crippen molar-refractivity contribution in [2.45, 2.75) is 31.2 Å². The van der Waals surface area contributed by atoms with Crippen molar-refractivity contribution in [2.75, 3.05) is 26.3 Å². The molecule has 98 valence electrons. The van der Waals surface area contributed by atoms with E-state index in [0.29, 0.717) is 26.1 Å². The van der Waals surface area contributed by atoms with Gasteiger partial charge in [0.05, 0.1) is 13.2 Å². The molecule has 2 fully saturated rings. The number of alkyl halides is 3. The number of halogens is 3. The SMILES string of the molecule is O=C(CC(F)(F)F)N1CCC2(CC1)OCCO2. The molecule has 0 atom stereocenters. The number of likely N-dealkylation sites (tertiary alicyclic amines) is 1. The van der Waals surface area contributed by atoms with Crippen molar-refractivity contribution >= 4 is 5.91 Å². The lowest BCUT2D eigenvalue weighted by molar-refractivity contribution is -0.191. The Kier molecular flexibility index (Phi) is 3.31. The maximum absolute atomic E-state index is 12.1. The molecule has 0 aromatic rings. The maximum atomic E-state index is 12.1. The average Bonchev–Trinajstić information content (AvgIpc) is 2.65. The zero-order valence-corrected chi connectivity index (χ0v) is 9.26. The topological polar surface area (TPSA) is 38.8 Å². The van der Waals surface area contributed by atoms with E-state index < -0.39 is 24.3 Å². The predicted molar refractivity (Wildman–Crippen MR) is 51.1 cm³/mol. The Morgan fingerprint density at radius 2 is 1.71 bits per heavy atom. The summed E-state index contributed by atoms with van der Waals surface area (Å²) >= 11 is 0. The minimum atomic E-state index is -4.44. The van der Waals surface area contributed by atoms with Crippen molar-refractivity contribution in [3.05, 3.63) is 0 Å². The highest BCUT2D eigenvalue weighted by atomic mass is 19.4. The monoisotopic (exact) mass is 253 g/mol. The highest BCUT2D eigenvalue weighted by molar-refractivity contribution is 5.76. The molecule has 2 aliphatic heterocycles. The van der Waals surface area contributed by atoms with Gasteiger partial charge in [-0.05, 0) is 0 Å². The second-order valence-electron chi connectivity index (χ2n) is 4.28. The highest BCUT2D eigenvalue weighted by Gasteiger charge is 2.42. The van der Waals surface area contributed by atoms with Crippen LogP contribution in [0.4, 0.5) is 13.2 Å². The zero-order valence-electron chi connectivity index (χ0n) is 9.26. The number of hydrogen-bond donors (Lipinski definition) is 0. The normalized spacial score (nSPS) is 24.3. The largest absolute Gasteiger partial charge is 0.397 e. The minimum Gasteiger partial charge on any atom is -0.347 e. The van der Waals surface area contributed by atoms with Gasteiger partial charge in [-0.1, -0.05) is 0 Å². The average molecular weight is 253 g/mol. The van der Waals surface area contributed by atoms with E-state index in [4.69, 9.17) is 9.47 Å². The Hall–Kier alpha value is -0.820. The number of rotatable bonds is 1. The van der Waals surface area contributed by atoms with E-state index in [1.165, 1.54) is 4.90 Å². The number of carbonyl (C=O) groups is 1. The van der Waals surface area contributed by atoms with E-state index >= 15 is 0 Å². The summed E-state index contributed by atoms with van der Waals surface area (Å²) < 4.78 is 47.0. The molecule has 0 N–H and O–H groups in total. The fraction of sp³-hybridized carbons (Fsp3) is 0.900. The Morgan fingerprint density at radius 3 is 2.18 bits per heavy atom. The van der Waals surface area contributed by atoms with Crippen LogP contribution in [0.5, 0.6) is 0 Å². The molecule has 2 heterocycles. The summed E-state index contributed by atoms with van der Waals surface area (Å²) in [5.41, 5.74) is 0. The van der Waals surface area contributed by atoms with E-state index in [1.807, 2.05) is 0 Å². The van der Waals surface area contributed by atoms with Crippen LogP contribution in [0.15, 0.2) is 0 Å². The van der Waals surface area contributed by atoms with Gasteiger partial charge in [-0.25, -0.2) is 0 Å². The van der Waals surface area contributed by atoms with E-state index in [9.17, 15) is 18.0 Å². The molecule has 1 amide bonds. The number of amides is 1. The first-order valence-electron chi connectivity index (χ1n) is 5.53. The fourth-order valence-corrected chi connectivity index (χ4v) is 2.17. The molecule has 2 rings (SSSR count). The van der Waals surface area contributed by atoms with Crippen LogP contribution in [-0.2, 0) is 14.3 Å². The zero-order chi connectivity index (χ0) is 12.5. The first kappa shape index (κ1) is 12.6. The minimum absolute atomic E-state index is 0.259. The van der Waals surface area contributed by atoms with Gasteiger partial charge in [0, 0.05) is 25.9 Å². The van der Waals surface area contributed by atoms with Gasteiger partial charge < -0.3 is 14.4 Å². The van der Waals surface area contributed by atoms with E-state index in [2.05, 4.69) is 0 Å². The van der Waals surface area contributed by atoms with Crippen LogP contribution in [-0.4, -0.2) is 49.1 Å². The first-order valence-corrected chi connectivity index (χ1v) is 5.53. The third-order valence-electron chi connectivity index (χ3n) is 3.04. The molecule has 2 aliphatic rings. The molecular weight excluding hydrogens is 239 g/mol. The summed E-state index contributed by atoms with van der Waals surface area (Å²) in [6, 6.07) is 0. The number of hydrogen-bond acceptors (Lipinski definition) is 3. The summed E-state index contributed by atoms with van der Waals surface area (Å²) in [5, 5.41) is 0. The van der Waals surface area contributed by atoms with Crippen LogP contribution in [0.2, 0.25) is 0 Å². The van der Waals surface area contributed by atoms with Crippen molar-refractivity contribution in [3.8, 4) is 0 Å². The Balaban J connectivity index is 1.84. The van der Waals surface area contributed by atoms with Crippen molar-refractivity contribution in [3.63, 3.8) is 0 Å². The van der Waals surface area contributed by atoms with Crippen LogP contribution in [0.1, 0.15) is 19.3 Å². The van der Waals surface area contributed by atoms with Crippen molar-refractivity contribution in [2.24, 2.45) is 0 Å². The Labute approximate surface area is 96.7 Å². The molecule has 2 saturated heterocycles. The molecular formula is C10H14F3NO3. The van der Waals surface area contributed by atoms with Gasteiger partial charge in [0.25, 0.3) is 0 Å². The highest BCUT2D eigenvalue weighted by Crippen LogP contribution is 2.32. The van der Waals surface area contributed by atoms with Crippen LogP contribution in [0.25, 0.3) is 0 Å². The molecule has 0 aromatic carbocycles. The van der Waals surface area contributed by atoms with Crippen LogP contribution in [0, 0.1) is 0 Å². The molecule has 0 aliphatic carbocycles. The van der Waals surface area contributed by atoms with Gasteiger partial charge >= 0.3 is 6.18 Å². The van der Waals surface area contributed by atoms with Crippen LogP contribution >= 0.6 is 0 Å². The summed E-state index contributed by atoms with van der Waals surface area (Å²) in [4.78, 5) is 12.6. The molecule has 0 unspecified atom stereocenters. The number of piperidine rings is 1. The molecule has 0 radical (unpaired) electrons. The van der Waals surface area contributed by atoms with E-state index in [1.54, 1.807) is 0 Å². The second kappa shape index (κ2) is 4.45. The van der Waals surface area contributed by atoms with Crippen molar-refractivity contribution in [1.29, 1.82) is 0 Å². The predicted octanol–water partition coefficient (Wildman–Crippen LogP) is 1.30. The van der Waals surface area contributed by atoms with Crippen molar-refractivity contribution in [1.82, 2.24) is 4.90 Å². The lowest BCUT2D eigenvalue weighted by atomic mass is 10.0. The molecule has 0 aromatic heterocycles. The number of nitrogens with zero attached hydrogens (tertiary/aromatic N) is 1. The summed E-state index contributed by atoms with van der Waals surface area (Å²) in [7, 11) is 0. The number of ether oxygens (including phenoxy) is 2. The van der Waals surface area contributed by atoms with Gasteiger partial charge in [0.15, 0.2) is 5.79 Å². The third-order valence-corrected chi connectivity index (χ3v) is 3.04. The van der Waals surface area contributed by atoms with Crippen LogP contribution < -0.4 is 0 Å². The van der Waals surface area contributed by atoms with Gasteiger partial charge in [0.1, 0.15) is 6.42 Å². The Bertz CT molecular complexity index is 290. The summed E-state index contributed by atoms with van der Waals surface area (Å²) in [5.74, 6) is -1.53. The van der Waals surface area contributed by atoms with E-state index in [-0.39, 0.29) is 13.1 Å².